The normalized spacial score (nSPS) is 12.0. The van der Waals surface area contributed by atoms with Gasteiger partial charge in [0.2, 0.25) is 5.89 Å². The summed E-state index contributed by atoms with van der Waals surface area (Å²) < 4.78 is 10.9. The second-order valence-electron chi connectivity index (χ2n) is 5.88. The van der Waals surface area contributed by atoms with Crippen molar-refractivity contribution in [3.63, 3.8) is 0 Å². The van der Waals surface area contributed by atoms with Crippen molar-refractivity contribution in [3.8, 4) is 17.2 Å². The number of esters is 1. The molecule has 3 aromatic rings. The maximum Gasteiger partial charge on any atom is 0.342 e. The number of carbonyl (C=O) groups excluding carboxylic acids is 1. The molecular weight excluding hydrogens is 320 g/mol. The smallest absolute Gasteiger partial charge is 0.342 e. The van der Waals surface area contributed by atoms with Gasteiger partial charge in [-0.3, -0.25) is 0 Å². The first-order valence-electron chi connectivity index (χ1n) is 7.85. The Morgan fingerprint density at radius 3 is 2.48 bits per heavy atom. The zero-order chi connectivity index (χ0) is 18.0. The number of hydrogen-bond acceptors (Lipinski definition) is 6. The standard InChI is InChI=1S/C19H18N2O4/c1-11-4-7-14(8-5-11)18-21-20-17(25-18)13(3)24-19(23)15-10-12(2)6-9-16(15)22/h4-10,13,22H,1-3H3/t13-/m0/s1. The molecule has 6 nitrogen and oxygen atoms in total. The van der Waals surface area contributed by atoms with Crippen LogP contribution in [0.5, 0.6) is 5.75 Å². The summed E-state index contributed by atoms with van der Waals surface area (Å²) in [4.78, 5) is 12.2. The number of aryl methyl sites for hydroxylation is 2. The van der Waals surface area contributed by atoms with Crippen LogP contribution in [0.15, 0.2) is 46.9 Å². The fourth-order valence-corrected chi connectivity index (χ4v) is 2.30. The van der Waals surface area contributed by atoms with E-state index in [0.29, 0.717) is 5.89 Å². The fraction of sp³-hybridized carbons (Fsp3) is 0.211. The Labute approximate surface area is 145 Å². The van der Waals surface area contributed by atoms with E-state index in [2.05, 4.69) is 10.2 Å². The third-order valence-electron chi connectivity index (χ3n) is 3.74. The van der Waals surface area contributed by atoms with Gasteiger partial charge in [0.05, 0.1) is 0 Å². The molecule has 6 heteroatoms. The molecule has 0 aliphatic heterocycles. The van der Waals surface area contributed by atoms with Gasteiger partial charge in [0, 0.05) is 5.56 Å². The lowest BCUT2D eigenvalue weighted by Gasteiger charge is -2.10. The van der Waals surface area contributed by atoms with Crippen LogP contribution in [0.25, 0.3) is 11.5 Å². The summed E-state index contributed by atoms with van der Waals surface area (Å²) in [6.07, 6.45) is -0.737. The lowest BCUT2D eigenvalue weighted by molar-refractivity contribution is 0.0276. The number of aromatic nitrogens is 2. The monoisotopic (exact) mass is 338 g/mol. The van der Waals surface area contributed by atoms with Crippen molar-refractivity contribution in [2.45, 2.75) is 26.9 Å². The molecule has 0 aliphatic carbocycles. The van der Waals surface area contributed by atoms with Gasteiger partial charge in [0.15, 0.2) is 6.10 Å². The van der Waals surface area contributed by atoms with Crippen molar-refractivity contribution >= 4 is 5.97 Å². The van der Waals surface area contributed by atoms with Crippen LogP contribution >= 0.6 is 0 Å². The lowest BCUT2D eigenvalue weighted by Crippen LogP contribution is -2.10. The summed E-state index contributed by atoms with van der Waals surface area (Å²) in [6.45, 7) is 5.45. The first kappa shape index (κ1) is 16.7. The van der Waals surface area contributed by atoms with E-state index in [9.17, 15) is 9.90 Å². The summed E-state index contributed by atoms with van der Waals surface area (Å²) in [6, 6.07) is 12.4. The molecule has 1 heterocycles. The molecule has 1 aromatic heterocycles. The third-order valence-corrected chi connectivity index (χ3v) is 3.74. The third kappa shape index (κ3) is 3.68. The molecule has 1 atom stereocenters. The van der Waals surface area contributed by atoms with Gasteiger partial charge in [-0.2, -0.15) is 0 Å². The molecular formula is C19H18N2O4. The highest BCUT2D eigenvalue weighted by Gasteiger charge is 2.21. The highest BCUT2D eigenvalue weighted by atomic mass is 16.6. The van der Waals surface area contributed by atoms with Crippen LogP contribution in [-0.2, 0) is 4.74 Å². The van der Waals surface area contributed by atoms with E-state index in [0.717, 1.165) is 16.7 Å². The van der Waals surface area contributed by atoms with E-state index in [1.54, 1.807) is 19.1 Å². The number of ether oxygens (including phenoxy) is 1. The van der Waals surface area contributed by atoms with Crippen molar-refractivity contribution in [1.82, 2.24) is 10.2 Å². The number of rotatable bonds is 4. The van der Waals surface area contributed by atoms with Gasteiger partial charge in [-0.05, 0) is 45.0 Å². The van der Waals surface area contributed by atoms with Crippen LogP contribution in [-0.4, -0.2) is 21.3 Å². The predicted octanol–water partition coefficient (Wildman–Crippen LogP) is 3.98. The van der Waals surface area contributed by atoms with E-state index in [-0.39, 0.29) is 17.2 Å². The van der Waals surface area contributed by atoms with Gasteiger partial charge in [-0.1, -0.05) is 29.3 Å². The molecule has 0 radical (unpaired) electrons. The van der Waals surface area contributed by atoms with Crippen LogP contribution in [0.2, 0.25) is 0 Å². The van der Waals surface area contributed by atoms with Crippen LogP contribution in [0.4, 0.5) is 0 Å². The topological polar surface area (TPSA) is 85.5 Å². The number of nitrogens with zero attached hydrogens (tertiary/aromatic N) is 2. The Kier molecular flexibility index (Phi) is 4.52. The molecule has 3 rings (SSSR count). The van der Waals surface area contributed by atoms with E-state index in [1.807, 2.05) is 38.1 Å². The Hall–Kier alpha value is -3.15. The van der Waals surface area contributed by atoms with Crippen LogP contribution < -0.4 is 0 Å². The SMILES string of the molecule is Cc1ccc(-c2nnc([C@H](C)OC(=O)c3cc(C)ccc3O)o2)cc1. The van der Waals surface area contributed by atoms with Gasteiger partial charge in [0.25, 0.3) is 5.89 Å². The van der Waals surface area contributed by atoms with Crippen LogP contribution in [0.1, 0.15) is 40.4 Å². The number of aromatic hydroxyl groups is 1. The largest absolute Gasteiger partial charge is 0.507 e. The van der Waals surface area contributed by atoms with E-state index in [4.69, 9.17) is 9.15 Å². The first-order chi connectivity index (χ1) is 11.9. The Morgan fingerprint density at radius 2 is 1.76 bits per heavy atom. The maximum atomic E-state index is 12.2. The molecule has 0 amide bonds. The average Bonchev–Trinajstić information content (AvgIpc) is 3.07. The molecule has 25 heavy (non-hydrogen) atoms. The average molecular weight is 338 g/mol. The molecule has 0 saturated heterocycles. The van der Waals surface area contributed by atoms with Crippen molar-refractivity contribution in [2.24, 2.45) is 0 Å². The quantitative estimate of drug-likeness (QED) is 0.724. The summed E-state index contributed by atoms with van der Waals surface area (Å²) >= 11 is 0. The van der Waals surface area contributed by atoms with E-state index < -0.39 is 12.1 Å². The van der Waals surface area contributed by atoms with Gasteiger partial charge in [-0.25, -0.2) is 4.79 Å². The first-order valence-corrected chi connectivity index (χ1v) is 7.85. The van der Waals surface area contributed by atoms with E-state index in [1.165, 1.54) is 6.07 Å². The summed E-state index contributed by atoms with van der Waals surface area (Å²) in [5, 5.41) is 17.7. The van der Waals surface area contributed by atoms with Gasteiger partial charge >= 0.3 is 5.97 Å². The zero-order valence-corrected chi connectivity index (χ0v) is 14.2. The second-order valence-corrected chi connectivity index (χ2v) is 5.88. The predicted molar refractivity (Wildman–Crippen MR) is 91.1 cm³/mol. The van der Waals surface area contributed by atoms with Crippen molar-refractivity contribution < 1.29 is 19.1 Å². The molecule has 128 valence electrons. The molecule has 0 fully saturated rings. The number of phenols is 1. The summed E-state index contributed by atoms with van der Waals surface area (Å²) in [7, 11) is 0. The molecule has 0 spiro atoms. The zero-order valence-electron chi connectivity index (χ0n) is 14.2. The fourth-order valence-electron chi connectivity index (χ4n) is 2.30. The molecule has 2 aromatic carbocycles. The molecule has 0 bridgehead atoms. The van der Waals surface area contributed by atoms with Gasteiger partial charge < -0.3 is 14.3 Å². The second kappa shape index (κ2) is 6.76. The molecule has 0 aliphatic rings. The number of phenolic OH excluding ortho intramolecular Hbond substituents is 1. The van der Waals surface area contributed by atoms with Gasteiger partial charge in [-0.15, -0.1) is 10.2 Å². The minimum atomic E-state index is -0.737. The van der Waals surface area contributed by atoms with Crippen LogP contribution in [0.3, 0.4) is 0 Å². The number of benzene rings is 2. The number of carbonyl (C=O) groups is 1. The van der Waals surface area contributed by atoms with Gasteiger partial charge in [0.1, 0.15) is 11.3 Å². The summed E-state index contributed by atoms with van der Waals surface area (Å²) in [5.74, 6) is -0.232. The minimum Gasteiger partial charge on any atom is -0.507 e. The Balaban J connectivity index is 1.75. The van der Waals surface area contributed by atoms with Crippen molar-refractivity contribution in [2.75, 3.05) is 0 Å². The highest BCUT2D eigenvalue weighted by Crippen LogP contribution is 2.25. The van der Waals surface area contributed by atoms with Crippen LogP contribution in [0, 0.1) is 13.8 Å². The Bertz CT molecular complexity index is 900. The minimum absolute atomic E-state index is 0.102. The molecule has 1 N–H and O–H groups in total. The Morgan fingerprint density at radius 1 is 1.08 bits per heavy atom. The summed E-state index contributed by atoms with van der Waals surface area (Å²) in [5.41, 5.74) is 2.87. The molecule has 0 unspecified atom stereocenters. The molecule has 0 saturated carbocycles. The lowest BCUT2D eigenvalue weighted by atomic mass is 10.1. The van der Waals surface area contributed by atoms with E-state index >= 15 is 0 Å². The van der Waals surface area contributed by atoms with Crippen molar-refractivity contribution in [3.05, 3.63) is 65.0 Å². The highest BCUT2D eigenvalue weighted by molar-refractivity contribution is 5.92. The maximum absolute atomic E-state index is 12.2. The number of hydrogen-bond donors (Lipinski definition) is 1. The van der Waals surface area contributed by atoms with Crippen molar-refractivity contribution in [1.29, 1.82) is 0 Å².